The maximum atomic E-state index is 5.82. The predicted molar refractivity (Wildman–Crippen MR) is 122 cm³/mol. The van der Waals surface area contributed by atoms with E-state index in [0.29, 0.717) is 6.61 Å². The van der Waals surface area contributed by atoms with E-state index in [9.17, 15) is 0 Å². The first kappa shape index (κ1) is 20.1. The molecule has 0 aliphatic rings. The largest absolute Gasteiger partial charge is 0.496 e. The van der Waals surface area contributed by atoms with E-state index in [-0.39, 0.29) is 0 Å². The van der Waals surface area contributed by atoms with Gasteiger partial charge >= 0.3 is 0 Å². The van der Waals surface area contributed by atoms with Crippen LogP contribution in [0.2, 0.25) is 0 Å². The molecular formula is C25H22N4O2. The lowest BCUT2D eigenvalue weighted by molar-refractivity contribution is 0.299. The number of hydrogen-bond donors (Lipinski definition) is 1. The molecule has 6 heteroatoms. The number of H-pyrrole nitrogens is 1. The molecule has 0 amide bonds. The maximum Gasteiger partial charge on any atom is 0.130 e. The van der Waals surface area contributed by atoms with Gasteiger partial charge in [0, 0.05) is 24.0 Å². The molecule has 6 nitrogen and oxygen atoms in total. The summed E-state index contributed by atoms with van der Waals surface area (Å²) in [5.74, 6) is 1.45. The van der Waals surface area contributed by atoms with E-state index < -0.39 is 0 Å². The van der Waals surface area contributed by atoms with Crippen molar-refractivity contribution in [3.8, 4) is 11.5 Å². The molecule has 3 aromatic heterocycles. The number of methoxy groups -OCH3 is 1. The van der Waals surface area contributed by atoms with E-state index in [2.05, 4.69) is 20.2 Å². The monoisotopic (exact) mass is 410 g/mol. The third-order valence-electron chi connectivity index (χ3n) is 4.49. The van der Waals surface area contributed by atoms with Crippen molar-refractivity contribution >= 4 is 24.3 Å². The van der Waals surface area contributed by atoms with Crippen LogP contribution in [0, 0.1) is 0 Å². The number of nitrogens with zero attached hydrogens (tertiary/aromatic N) is 3. The Labute approximate surface area is 180 Å². The number of pyridine rings is 2. The Morgan fingerprint density at radius 1 is 0.839 bits per heavy atom. The zero-order valence-corrected chi connectivity index (χ0v) is 17.1. The van der Waals surface area contributed by atoms with Crippen LogP contribution >= 0.6 is 0 Å². The first-order valence-electron chi connectivity index (χ1n) is 9.83. The van der Waals surface area contributed by atoms with Crippen molar-refractivity contribution in [2.24, 2.45) is 0 Å². The number of nitrogens with one attached hydrogen (secondary N) is 1. The van der Waals surface area contributed by atoms with Gasteiger partial charge in [-0.15, -0.1) is 0 Å². The molecule has 0 radical (unpaired) electrons. The molecular weight excluding hydrogens is 388 g/mol. The van der Waals surface area contributed by atoms with Crippen molar-refractivity contribution in [3.63, 3.8) is 0 Å². The van der Waals surface area contributed by atoms with Crippen LogP contribution in [0.1, 0.15) is 28.3 Å². The van der Waals surface area contributed by atoms with Gasteiger partial charge in [0.25, 0.3) is 0 Å². The fourth-order valence-corrected chi connectivity index (χ4v) is 2.91. The van der Waals surface area contributed by atoms with Gasteiger partial charge in [0.05, 0.1) is 29.9 Å². The van der Waals surface area contributed by atoms with Crippen molar-refractivity contribution in [2.75, 3.05) is 7.11 Å². The zero-order valence-electron chi connectivity index (χ0n) is 17.1. The Hall–Kier alpha value is -4.19. The summed E-state index contributed by atoms with van der Waals surface area (Å²) in [4.78, 5) is 8.53. The maximum absolute atomic E-state index is 5.82. The van der Waals surface area contributed by atoms with Gasteiger partial charge in [0.1, 0.15) is 18.1 Å². The molecule has 0 aliphatic carbocycles. The van der Waals surface area contributed by atoms with E-state index in [1.165, 1.54) is 0 Å². The van der Waals surface area contributed by atoms with E-state index >= 15 is 0 Å². The number of benzene rings is 1. The first-order valence-corrected chi connectivity index (χ1v) is 9.83. The van der Waals surface area contributed by atoms with Crippen LogP contribution in [-0.2, 0) is 6.61 Å². The lowest BCUT2D eigenvalue weighted by Crippen LogP contribution is -1.98. The van der Waals surface area contributed by atoms with Gasteiger partial charge in [0.2, 0.25) is 0 Å². The topological polar surface area (TPSA) is 72.9 Å². The number of rotatable bonds is 8. The van der Waals surface area contributed by atoms with Crippen molar-refractivity contribution < 1.29 is 9.47 Å². The predicted octanol–water partition coefficient (Wildman–Crippen LogP) is 5.13. The molecule has 0 fully saturated rings. The Bertz CT molecular complexity index is 1170. The Morgan fingerprint density at radius 3 is 2.45 bits per heavy atom. The van der Waals surface area contributed by atoms with Crippen LogP contribution in [0.4, 0.5) is 0 Å². The first-order chi connectivity index (χ1) is 15.3. The minimum atomic E-state index is 0.404. The lowest BCUT2D eigenvalue weighted by atomic mass is 10.1. The van der Waals surface area contributed by atoms with Crippen molar-refractivity contribution in [1.82, 2.24) is 20.2 Å². The summed E-state index contributed by atoms with van der Waals surface area (Å²) in [6, 6.07) is 19.2. The van der Waals surface area contributed by atoms with Crippen LogP contribution in [0.15, 0.2) is 73.1 Å². The molecule has 0 spiro atoms. The second kappa shape index (κ2) is 10.0. The average Bonchev–Trinajstić information content (AvgIpc) is 3.29. The summed E-state index contributed by atoms with van der Waals surface area (Å²) in [7, 11) is 1.64. The van der Waals surface area contributed by atoms with Gasteiger partial charge in [-0.2, -0.15) is 5.10 Å². The molecule has 1 aromatic carbocycles. The smallest absolute Gasteiger partial charge is 0.130 e. The van der Waals surface area contributed by atoms with Crippen LogP contribution in [0.3, 0.4) is 0 Å². The van der Waals surface area contributed by atoms with Gasteiger partial charge in [-0.05, 0) is 66.8 Å². The van der Waals surface area contributed by atoms with Crippen LogP contribution in [0.25, 0.3) is 24.3 Å². The van der Waals surface area contributed by atoms with Gasteiger partial charge in [-0.25, -0.2) is 0 Å². The molecule has 4 aromatic rings. The van der Waals surface area contributed by atoms with Gasteiger partial charge in [-0.3, -0.25) is 15.1 Å². The molecule has 31 heavy (non-hydrogen) atoms. The van der Waals surface area contributed by atoms with Crippen LogP contribution in [0.5, 0.6) is 11.5 Å². The Kier molecular flexibility index (Phi) is 6.50. The number of aromatic nitrogens is 4. The summed E-state index contributed by atoms with van der Waals surface area (Å²) in [6.45, 7) is 0.404. The highest BCUT2D eigenvalue weighted by molar-refractivity contribution is 5.73. The van der Waals surface area contributed by atoms with Crippen molar-refractivity contribution in [3.05, 3.63) is 101 Å². The SMILES string of the molecule is COc1cc(OCc2ccccn2)ccc1C=Cc1cc(C=Cc2ccccn2)[nH]n1. The Morgan fingerprint density at radius 2 is 1.68 bits per heavy atom. The zero-order chi connectivity index (χ0) is 21.3. The van der Waals surface area contributed by atoms with E-state index in [0.717, 1.165) is 39.8 Å². The highest BCUT2D eigenvalue weighted by atomic mass is 16.5. The van der Waals surface area contributed by atoms with E-state index in [1.807, 2.05) is 85.0 Å². The lowest BCUT2D eigenvalue weighted by Gasteiger charge is -2.09. The van der Waals surface area contributed by atoms with Crippen LogP contribution in [-0.4, -0.2) is 27.3 Å². The summed E-state index contributed by atoms with van der Waals surface area (Å²) in [5, 5.41) is 7.33. The minimum absolute atomic E-state index is 0.404. The average molecular weight is 410 g/mol. The summed E-state index contributed by atoms with van der Waals surface area (Å²) in [5.41, 5.74) is 4.41. The highest BCUT2D eigenvalue weighted by Crippen LogP contribution is 2.27. The third kappa shape index (κ3) is 5.67. The summed E-state index contributed by atoms with van der Waals surface area (Å²) < 4.78 is 11.3. The second-order valence-electron chi connectivity index (χ2n) is 6.68. The van der Waals surface area contributed by atoms with Crippen molar-refractivity contribution in [1.29, 1.82) is 0 Å². The number of ether oxygens (including phenoxy) is 2. The minimum Gasteiger partial charge on any atom is -0.496 e. The van der Waals surface area contributed by atoms with Gasteiger partial charge in [0.15, 0.2) is 0 Å². The molecule has 0 atom stereocenters. The molecule has 0 saturated carbocycles. The number of hydrogen-bond acceptors (Lipinski definition) is 5. The summed E-state index contributed by atoms with van der Waals surface area (Å²) >= 11 is 0. The molecule has 0 saturated heterocycles. The molecule has 0 aliphatic heterocycles. The molecule has 1 N–H and O–H groups in total. The van der Waals surface area contributed by atoms with Crippen LogP contribution < -0.4 is 9.47 Å². The molecule has 154 valence electrons. The van der Waals surface area contributed by atoms with Gasteiger partial charge in [-0.1, -0.05) is 12.1 Å². The van der Waals surface area contributed by atoms with Crippen molar-refractivity contribution in [2.45, 2.75) is 6.61 Å². The molecule has 3 heterocycles. The van der Waals surface area contributed by atoms with E-state index in [1.54, 1.807) is 19.5 Å². The summed E-state index contributed by atoms with van der Waals surface area (Å²) in [6.07, 6.45) is 11.3. The highest BCUT2D eigenvalue weighted by Gasteiger charge is 2.04. The Balaban J connectivity index is 1.41. The quantitative estimate of drug-likeness (QED) is 0.436. The van der Waals surface area contributed by atoms with E-state index in [4.69, 9.17) is 9.47 Å². The van der Waals surface area contributed by atoms with Gasteiger partial charge < -0.3 is 9.47 Å². The molecule has 0 unspecified atom stereocenters. The molecule has 4 rings (SSSR count). The molecule has 0 bridgehead atoms. The fourth-order valence-electron chi connectivity index (χ4n) is 2.91. The third-order valence-corrected chi connectivity index (χ3v) is 4.49. The number of aromatic amines is 1. The fraction of sp³-hybridized carbons (Fsp3) is 0.0800. The normalized spacial score (nSPS) is 11.3. The standard InChI is InChI=1S/C25H22N4O2/c1-30-25-17-24(31-18-23-7-3-5-15-27-23)13-9-19(25)8-10-21-16-22(29-28-21)12-11-20-6-2-4-14-26-20/h2-17H,18H2,1H3,(H,28,29). The second-order valence-corrected chi connectivity index (χ2v) is 6.68.